The quantitative estimate of drug-likeness (QED) is 0.295. The number of imide groups is 1. The second-order valence-electron chi connectivity index (χ2n) is 8.69. The maximum atomic E-state index is 12.9. The van der Waals surface area contributed by atoms with Crippen LogP contribution in [0.1, 0.15) is 19.3 Å². The zero-order chi connectivity index (χ0) is 23.8. The predicted molar refractivity (Wildman–Crippen MR) is 123 cm³/mol. The lowest BCUT2D eigenvalue weighted by Crippen LogP contribution is -2.31. The van der Waals surface area contributed by atoms with Crippen LogP contribution in [-0.2, 0) is 19.2 Å². The summed E-state index contributed by atoms with van der Waals surface area (Å²) >= 11 is 0. The fourth-order valence-electron chi connectivity index (χ4n) is 4.83. The molecule has 3 amide bonds. The third-order valence-corrected chi connectivity index (χ3v) is 6.63. The van der Waals surface area contributed by atoms with Crippen molar-refractivity contribution in [3.8, 4) is 11.5 Å². The number of carbonyl (C=O) groups excluding carboxylic acids is 4. The number of nitrogens with zero attached hydrogens (tertiary/aromatic N) is 2. The van der Waals surface area contributed by atoms with Gasteiger partial charge in [-0.15, -0.1) is 0 Å². The predicted octanol–water partition coefficient (Wildman–Crippen LogP) is 3.11. The number of methoxy groups -OCH3 is 1. The van der Waals surface area contributed by atoms with E-state index in [0.717, 1.165) is 0 Å². The van der Waals surface area contributed by atoms with Crippen LogP contribution in [0.15, 0.2) is 60.7 Å². The van der Waals surface area contributed by atoms with Gasteiger partial charge in [-0.05, 0) is 37.1 Å². The topological polar surface area (TPSA) is 93.2 Å². The molecule has 34 heavy (non-hydrogen) atoms. The van der Waals surface area contributed by atoms with Crippen molar-refractivity contribution in [2.75, 3.05) is 23.5 Å². The van der Waals surface area contributed by atoms with Crippen molar-refractivity contribution < 1.29 is 28.7 Å². The van der Waals surface area contributed by atoms with Gasteiger partial charge in [0.1, 0.15) is 11.5 Å². The average Bonchev–Trinajstić information content (AvgIpc) is 3.37. The summed E-state index contributed by atoms with van der Waals surface area (Å²) < 4.78 is 10.8. The number of hydrogen-bond donors (Lipinski definition) is 0. The Hall–Kier alpha value is -3.94. The average molecular weight is 460 g/mol. The highest BCUT2D eigenvalue weighted by atomic mass is 16.5. The van der Waals surface area contributed by atoms with Gasteiger partial charge in [-0.2, -0.15) is 0 Å². The summed E-state index contributed by atoms with van der Waals surface area (Å²) in [5.74, 6) is -1.62. The fraction of sp³-hybridized carbons (Fsp3) is 0.308. The Morgan fingerprint density at radius 2 is 1.50 bits per heavy atom. The van der Waals surface area contributed by atoms with Gasteiger partial charge in [0.15, 0.2) is 0 Å². The zero-order valence-electron chi connectivity index (χ0n) is 18.7. The molecule has 8 heteroatoms. The first kappa shape index (κ1) is 21.9. The van der Waals surface area contributed by atoms with E-state index in [2.05, 4.69) is 0 Å². The Morgan fingerprint density at radius 3 is 2.18 bits per heavy atom. The lowest BCUT2D eigenvalue weighted by molar-refractivity contribution is -0.139. The molecule has 3 aliphatic rings. The largest absolute Gasteiger partial charge is 0.497 e. The Labute approximate surface area is 196 Å². The van der Waals surface area contributed by atoms with Crippen molar-refractivity contribution in [3.63, 3.8) is 0 Å². The number of rotatable bonds is 5. The molecule has 3 atom stereocenters. The molecule has 0 aromatic heterocycles. The minimum Gasteiger partial charge on any atom is -0.497 e. The van der Waals surface area contributed by atoms with Crippen molar-refractivity contribution in [2.24, 2.45) is 17.8 Å². The normalized spacial score (nSPS) is 23.9. The molecule has 8 nitrogen and oxygen atoms in total. The molecule has 5 rings (SSSR count). The van der Waals surface area contributed by atoms with Gasteiger partial charge < -0.3 is 14.4 Å². The first-order valence-corrected chi connectivity index (χ1v) is 11.2. The molecule has 2 aromatic rings. The highest BCUT2D eigenvalue weighted by molar-refractivity contribution is 6.22. The monoisotopic (exact) mass is 460 g/mol. The molecule has 0 unspecified atom stereocenters. The van der Waals surface area contributed by atoms with Gasteiger partial charge in [0.05, 0.1) is 30.6 Å². The van der Waals surface area contributed by atoms with Gasteiger partial charge in [0, 0.05) is 30.8 Å². The molecular formula is C26H24N2O6. The minimum atomic E-state index is -0.633. The zero-order valence-corrected chi connectivity index (χ0v) is 18.7. The molecule has 2 aromatic carbocycles. The van der Waals surface area contributed by atoms with Crippen LogP contribution in [0.2, 0.25) is 0 Å². The van der Waals surface area contributed by atoms with E-state index in [4.69, 9.17) is 9.47 Å². The van der Waals surface area contributed by atoms with Crippen molar-refractivity contribution in [2.45, 2.75) is 19.3 Å². The Morgan fingerprint density at radius 1 is 0.882 bits per heavy atom. The summed E-state index contributed by atoms with van der Waals surface area (Å²) in [6.07, 6.45) is 5.02. The van der Waals surface area contributed by atoms with E-state index in [1.165, 1.54) is 11.0 Å². The number of ether oxygens (including phenoxy) is 2. The van der Waals surface area contributed by atoms with E-state index in [9.17, 15) is 19.2 Å². The SMILES string of the molecule is COc1cccc(N2C[C@@H](C(=O)Oc3cccc(N4C(=O)[C@H]5CC=CC[C@@H]5C4=O)c3)CC2=O)c1. The number of carbonyl (C=O) groups is 4. The number of esters is 1. The molecule has 174 valence electrons. The van der Waals surface area contributed by atoms with Crippen LogP contribution >= 0.6 is 0 Å². The highest BCUT2D eigenvalue weighted by Gasteiger charge is 2.48. The van der Waals surface area contributed by atoms with E-state index in [0.29, 0.717) is 30.0 Å². The lowest BCUT2D eigenvalue weighted by atomic mass is 9.85. The smallest absolute Gasteiger partial charge is 0.316 e. The van der Waals surface area contributed by atoms with Gasteiger partial charge in [-0.25, -0.2) is 4.90 Å². The molecule has 1 aliphatic carbocycles. The summed E-state index contributed by atoms with van der Waals surface area (Å²) in [6, 6.07) is 13.5. The van der Waals surface area contributed by atoms with E-state index in [1.54, 1.807) is 54.5 Å². The molecule has 2 fully saturated rings. The Balaban J connectivity index is 1.29. The molecular weight excluding hydrogens is 436 g/mol. The number of benzene rings is 2. The van der Waals surface area contributed by atoms with Gasteiger partial charge in [0.25, 0.3) is 0 Å². The summed E-state index contributed by atoms with van der Waals surface area (Å²) in [4.78, 5) is 53.9. The first-order chi connectivity index (χ1) is 16.5. The van der Waals surface area contributed by atoms with Crippen LogP contribution in [0.5, 0.6) is 11.5 Å². The van der Waals surface area contributed by atoms with E-state index in [-0.39, 0.29) is 48.3 Å². The second-order valence-corrected chi connectivity index (χ2v) is 8.69. The molecule has 0 spiro atoms. The molecule has 2 saturated heterocycles. The number of hydrogen-bond acceptors (Lipinski definition) is 6. The van der Waals surface area contributed by atoms with E-state index >= 15 is 0 Å². The Kier molecular flexibility index (Phi) is 5.65. The third-order valence-electron chi connectivity index (χ3n) is 6.63. The number of anilines is 2. The molecule has 2 aliphatic heterocycles. The molecule has 0 N–H and O–H groups in total. The van der Waals surface area contributed by atoms with Gasteiger partial charge >= 0.3 is 5.97 Å². The summed E-state index contributed by atoms with van der Waals surface area (Å²) in [7, 11) is 1.55. The van der Waals surface area contributed by atoms with Crippen molar-refractivity contribution in [3.05, 3.63) is 60.7 Å². The molecule has 0 saturated carbocycles. The Bertz CT molecular complexity index is 1180. The van der Waals surface area contributed by atoms with Crippen LogP contribution < -0.4 is 19.3 Å². The minimum absolute atomic E-state index is 0.0369. The van der Waals surface area contributed by atoms with Gasteiger partial charge in [0.2, 0.25) is 17.7 Å². The van der Waals surface area contributed by atoms with Crippen LogP contribution in [0.4, 0.5) is 11.4 Å². The number of allylic oxidation sites excluding steroid dienone is 2. The van der Waals surface area contributed by atoms with Crippen molar-refractivity contribution >= 4 is 35.1 Å². The van der Waals surface area contributed by atoms with Crippen LogP contribution in [0, 0.1) is 17.8 Å². The maximum absolute atomic E-state index is 12.9. The third kappa shape index (κ3) is 3.85. The van der Waals surface area contributed by atoms with Crippen LogP contribution in [0.25, 0.3) is 0 Å². The van der Waals surface area contributed by atoms with Crippen LogP contribution in [-0.4, -0.2) is 37.3 Å². The fourth-order valence-corrected chi connectivity index (χ4v) is 4.83. The number of fused-ring (bicyclic) bond motifs is 1. The lowest BCUT2D eigenvalue weighted by Gasteiger charge is -2.18. The van der Waals surface area contributed by atoms with Crippen molar-refractivity contribution in [1.82, 2.24) is 0 Å². The van der Waals surface area contributed by atoms with E-state index in [1.807, 2.05) is 12.2 Å². The standard InChI is InChI=1S/C26H24N2O6/c1-33-19-8-4-6-17(13-19)27-15-16(12-23(27)29)26(32)34-20-9-5-7-18(14-20)28-24(30)21-10-2-3-11-22(21)25(28)31/h2-9,13-14,16,21-22H,10-12,15H2,1H3/t16-,21-,22-/m0/s1. The second kappa shape index (κ2) is 8.78. The van der Waals surface area contributed by atoms with Crippen LogP contribution in [0.3, 0.4) is 0 Å². The summed E-state index contributed by atoms with van der Waals surface area (Å²) in [5.41, 5.74) is 1.04. The molecule has 0 radical (unpaired) electrons. The van der Waals surface area contributed by atoms with E-state index < -0.39 is 11.9 Å². The molecule has 2 heterocycles. The summed E-state index contributed by atoms with van der Waals surface area (Å²) in [6.45, 7) is 0.198. The summed E-state index contributed by atoms with van der Waals surface area (Å²) in [5, 5.41) is 0. The van der Waals surface area contributed by atoms with Gasteiger partial charge in [-0.1, -0.05) is 24.3 Å². The van der Waals surface area contributed by atoms with Crippen molar-refractivity contribution in [1.29, 1.82) is 0 Å². The molecule has 0 bridgehead atoms. The van der Waals surface area contributed by atoms with Gasteiger partial charge in [-0.3, -0.25) is 19.2 Å². The highest BCUT2D eigenvalue weighted by Crippen LogP contribution is 2.38. The maximum Gasteiger partial charge on any atom is 0.316 e. The number of amides is 3. The first-order valence-electron chi connectivity index (χ1n) is 11.2.